The van der Waals surface area contributed by atoms with Gasteiger partial charge in [0, 0.05) is 4.92 Å². The van der Waals surface area contributed by atoms with Crippen LogP contribution in [-0.4, -0.2) is 69.0 Å². The molecule has 0 aromatic heterocycles. The van der Waals surface area contributed by atoms with Crippen LogP contribution in [0.5, 0.6) is 0 Å². The van der Waals surface area contributed by atoms with Gasteiger partial charge in [-0.1, -0.05) is 0 Å². The van der Waals surface area contributed by atoms with Crippen molar-refractivity contribution in [2.45, 2.75) is 30.5 Å². The number of hydrogen-bond acceptors (Lipinski definition) is 7. The summed E-state index contributed by atoms with van der Waals surface area (Å²) in [6, 6.07) is 0. The molecule has 1 rings (SSSR count). The second kappa shape index (κ2) is 4.81. The van der Waals surface area contributed by atoms with Gasteiger partial charge >= 0.3 is 0 Å². The summed E-state index contributed by atoms with van der Waals surface area (Å²) in [6.45, 7) is -1.28. The molecule has 1 heterocycles. The Bertz CT molecular complexity index is 233. The van der Waals surface area contributed by atoms with Crippen LogP contribution >= 0.6 is 0 Å². The normalized spacial score (nSPS) is 41.5. The fourth-order valence-electron chi connectivity index (χ4n) is 1.48. The molecule has 0 aliphatic carbocycles. The predicted molar refractivity (Wildman–Crippen MR) is 45.6 cm³/mol. The lowest BCUT2D eigenvalue weighted by atomic mass is 9.95. The topological polar surface area (TPSA) is 133 Å². The first-order valence-electron chi connectivity index (χ1n) is 4.39. The van der Waals surface area contributed by atoms with Crippen LogP contribution in [0.25, 0.3) is 0 Å². The molecule has 4 N–H and O–H groups in total. The van der Waals surface area contributed by atoms with Gasteiger partial charge in [0.1, 0.15) is 24.4 Å². The van der Waals surface area contributed by atoms with Gasteiger partial charge in [0.05, 0.1) is 6.61 Å². The van der Waals surface area contributed by atoms with E-state index >= 15 is 0 Å². The lowest BCUT2D eigenvalue weighted by Crippen LogP contribution is -2.60. The first kappa shape index (κ1) is 12.3. The van der Waals surface area contributed by atoms with Gasteiger partial charge in [0.25, 0.3) is 0 Å². The maximum atomic E-state index is 10.2. The van der Waals surface area contributed by atoms with Crippen molar-refractivity contribution in [2.75, 3.05) is 13.2 Å². The lowest BCUT2D eigenvalue weighted by molar-refractivity contribution is -0.499. The zero-order chi connectivity index (χ0) is 11.6. The molecule has 0 amide bonds. The fraction of sp³-hybridized carbons (Fsp3) is 1.00. The monoisotopic (exact) mass is 223 g/mol. The van der Waals surface area contributed by atoms with E-state index < -0.39 is 48.6 Å². The van der Waals surface area contributed by atoms with Crippen molar-refractivity contribution in [3.8, 4) is 0 Å². The highest BCUT2D eigenvalue weighted by atomic mass is 16.6. The molecule has 0 bridgehead atoms. The van der Waals surface area contributed by atoms with Crippen molar-refractivity contribution in [1.82, 2.24) is 0 Å². The molecule has 0 aromatic rings. The SMILES string of the molecule is O=[N+]([O-])CC1O[C@H](CO)[C@H](O)[C@H](O)[C@H]1O. The van der Waals surface area contributed by atoms with Gasteiger partial charge in [-0.05, 0) is 0 Å². The molecular weight excluding hydrogens is 210 g/mol. The van der Waals surface area contributed by atoms with Gasteiger partial charge in [-0.2, -0.15) is 0 Å². The van der Waals surface area contributed by atoms with E-state index in [0.717, 1.165) is 0 Å². The van der Waals surface area contributed by atoms with Crippen LogP contribution in [0.1, 0.15) is 0 Å². The van der Waals surface area contributed by atoms with Gasteiger partial charge < -0.3 is 25.2 Å². The molecule has 1 aliphatic heterocycles. The van der Waals surface area contributed by atoms with Crippen molar-refractivity contribution in [1.29, 1.82) is 0 Å². The average molecular weight is 223 g/mol. The third-order valence-corrected chi connectivity index (χ3v) is 2.32. The highest BCUT2D eigenvalue weighted by molar-refractivity contribution is 4.91. The Balaban J connectivity index is 2.69. The van der Waals surface area contributed by atoms with Crippen LogP contribution in [0.3, 0.4) is 0 Å². The molecule has 8 heteroatoms. The minimum atomic E-state index is -1.55. The molecule has 88 valence electrons. The molecule has 1 aliphatic rings. The van der Waals surface area contributed by atoms with Crippen LogP contribution in [0.2, 0.25) is 0 Å². The molecule has 1 fully saturated rings. The summed E-state index contributed by atoms with van der Waals surface area (Å²) in [5.41, 5.74) is 0. The van der Waals surface area contributed by atoms with E-state index in [4.69, 9.17) is 9.84 Å². The number of ether oxygens (including phenoxy) is 1. The van der Waals surface area contributed by atoms with Crippen LogP contribution < -0.4 is 0 Å². The summed E-state index contributed by atoms with van der Waals surface area (Å²) in [7, 11) is 0. The van der Waals surface area contributed by atoms with Gasteiger partial charge in [-0.25, -0.2) is 0 Å². The Labute approximate surface area is 84.9 Å². The standard InChI is InChI=1S/C7H13NO7/c9-2-4-6(11)7(12)5(10)3(15-4)1-8(13)14/h3-7,9-12H,1-2H2/t3?,4-,5+,6+,7-/m1/s1. The predicted octanol–water partition coefficient (Wildman–Crippen LogP) is -2.89. The number of nitro groups is 1. The Hall–Kier alpha value is -0.800. The number of hydrogen-bond donors (Lipinski definition) is 4. The molecule has 0 saturated carbocycles. The minimum Gasteiger partial charge on any atom is -0.394 e. The second-order valence-electron chi connectivity index (χ2n) is 3.38. The summed E-state index contributed by atoms with van der Waals surface area (Å²) >= 11 is 0. The van der Waals surface area contributed by atoms with Gasteiger partial charge in [-0.3, -0.25) is 10.1 Å². The van der Waals surface area contributed by atoms with E-state index in [1.54, 1.807) is 0 Å². The Morgan fingerprint density at radius 2 is 1.67 bits per heavy atom. The summed E-state index contributed by atoms with van der Waals surface area (Å²) in [5.74, 6) is 0. The van der Waals surface area contributed by atoms with E-state index in [2.05, 4.69) is 0 Å². The van der Waals surface area contributed by atoms with E-state index in [1.165, 1.54) is 0 Å². The number of nitrogens with zero attached hydrogens (tertiary/aromatic N) is 1. The third kappa shape index (κ3) is 2.61. The van der Waals surface area contributed by atoms with Crippen molar-refractivity contribution in [2.24, 2.45) is 0 Å². The van der Waals surface area contributed by atoms with Crippen molar-refractivity contribution < 1.29 is 30.1 Å². The Morgan fingerprint density at radius 3 is 2.13 bits per heavy atom. The molecule has 0 aromatic carbocycles. The second-order valence-corrected chi connectivity index (χ2v) is 3.38. The summed E-state index contributed by atoms with van der Waals surface area (Å²) in [4.78, 5) is 9.50. The van der Waals surface area contributed by atoms with Gasteiger partial charge in [0.15, 0.2) is 6.10 Å². The molecule has 15 heavy (non-hydrogen) atoms. The maximum absolute atomic E-state index is 10.2. The average Bonchev–Trinajstić information content (AvgIpc) is 2.18. The summed E-state index contributed by atoms with van der Waals surface area (Å²) in [6.07, 6.45) is -6.88. The van der Waals surface area contributed by atoms with Crippen LogP contribution in [-0.2, 0) is 4.74 Å². The first-order chi connectivity index (χ1) is 6.97. The van der Waals surface area contributed by atoms with Crippen LogP contribution in [0.15, 0.2) is 0 Å². The largest absolute Gasteiger partial charge is 0.394 e. The quantitative estimate of drug-likeness (QED) is 0.298. The number of aliphatic hydroxyl groups excluding tert-OH is 4. The van der Waals surface area contributed by atoms with E-state index in [-0.39, 0.29) is 0 Å². The van der Waals surface area contributed by atoms with Crippen molar-refractivity contribution in [3.05, 3.63) is 10.1 Å². The zero-order valence-corrected chi connectivity index (χ0v) is 7.76. The maximum Gasteiger partial charge on any atom is 0.232 e. The van der Waals surface area contributed by atoms with E-state index in [0.29, 0.717) is 0 Å². The smallest absolute Gasteiger partial charge is 0.232 e. The molecule has 5 atom stereocenters. The highest BCUT2D eigenvalue weighted by Gasteiger charge is 2.45. The van der Waals surface area contributed by atoms with Gasteiger partial charge in [0.2, 0.25) is 6.54 Å². The number of aliphatic hydroxyl groups is 4. The van der Waals surface area contributed by atoms with E-state index in [1.807, 2.05) is 0 Å². The molecule has 1 saturated heterocycles. The van der Waals surface area contributed by atoms with Gasteiger partial charge in [-0.15, -0.1) is 0 Å². The van der Waals surface area contributed by atoms with Crippen molar-refractivity contribution in [3.63, 3.8) is 0 Å². The third-order valence-electron chi connectivity index (χ3n) is 2.32. The lowest BCUT2D eigenvalue weighted by Gasteiger charge is -2.38. The molecule has 8 nitrogen and oxygen atoms in total. The summed E-state index contributed by atoms with van der Waals surface area (Å²) in [5, 5.41) is 46.9. The fourth-order valence-corrected chi connectivity index (χ4v) is 1.48. The highest BCUT2D eigenvalue weighted by Crippen LogP contribution is 2.21. The Morgan fingerprint density at radius 1 is 1.13 bits per heavy atom. The minimum absolute atomic E-state index is 0.584. The Kier molecular flexibility index (Phi) is 3.94. The van der Waals surface area contributed by atoms with Crippen molar-refractivity contribution >= 4 is 0 Å². The van der Waals surface area contributed by atoms with E-state index in [9.17, 15) is 25.4 Å². The van der Waals surface area contributed by atoms with Crippen LogP contribution in [0, 0.1) is 10.1 Å². The molecule has 0 radical (unpaired) electrons. The molecular formula is C7H13NO7. The molecule has 0 spiro atoms. The van der Waals surface area contributed by atoms with Crippen LogP contribution in [0.4, 0.5) is 0 Å². The first-order valence-corrected chi connectivity index (χ1v) is 4.39. The number of rotatable bonds is 3. The summed E-state index contributed by atoms with van der Waals surface area (Å²) < 4.78 is 4.89. The zero-order valence-electron chi connectivity index (χ0n) is 7.76. The molecule has 1 unspecified atom stereocenters.